The Morgan fingerprint density at radius 1 is 0.593 bits per heavy atom. The van der Waals surface area contributed by atoms with Gasteiger partial charge in [-0.15, -0.1) is 0 Å². The second-order valence-corrected chi connectivity index (χ2v) is 20.0. The van der Waals surface area contributed by atoms with Gasteiger partial charge in [-0.05, 0) is 97.0 Å². The zero-order valence-corrected chi connectivity index (χ0v) is 33.4. The maximum absolute atomic E-state index is 13.5. The third-order valence-electron chi connectivity index (χ3n) is 17.4. The maximum atomic E-state index is 13.5. The molecule has 10 nitrogen and oxygen atoms in total. The van der Waals surface area contributed by atoms with Crippen LogP contribution in [-0.2, 0) is 38.2 Å². The van der Waals surface area contributed by atoms with Crippen molar-refractivity contribution in [1.29, 1.82) is 0 Å². The van der Waals surface area contributed by atoms with E-state index in [1.807, 2.05) is 27.7 Å². The summed E-state index contributed by atoms with van der Waals surface area (Å²) in [4.78, 5) is 75.9. The van der Waals surface area contributed by atoms with Crippen LogP contribution in [0.3, 0.4) is 0 Å². The van der Waals surface area contributed by atoms with Crippen LogP contribution >= 0.6 is 0 Å². The van der Waals surface area contributed by atoms with Crippen LogP contribution in [0.15, 0.2) is 24.3 Å². The molecule has 296 valence electrons. The van der Waals surface area contributed by atoms with Gasteiger partial charge in [0, 0.05) is 49.4 Å². The van der Waals surface area contributed by atoms with Gasteiger partial charge in [-0.2, -0.15) is 0 Å². The first-order chi connectivity index (χ1) is 25.0. The Morgan fingerprint density at radius 3 is 1.24 bits per heavy atom. The fourth-order valence-corrected chi connectivity index (χ4v) is 14.9. The van der Waals surface area contributed by atoms with E-state index in [-0.39, 0.29) is 69.5 Å². The molecule has 8 fully saturated rings. The van der Waals surface area contributed by atoms with Crippen molar-refractivity contribution in [2.75, 3.05) is 0 Å². The predicted octanol–water partition coefficient (Wildman–Crippen LogP) is 5.69. The van der Waals surface area contributed by atoms with Crippen molar-refractivity contribution in [3.63, 3.8) is 0 Å². The second-order valence-electron chi connectivity index (χ2n) is 20.0. The van der Waals surface area contributed by atoms with Crippen LogP contribution in [0, 0.1) is 68.0 Å². The van der Waals surface area contributed by atoms with Gasteiger partial charge < -0.3 is 19.7 Å². The van der Waals surface area contributed by atoms with Crippen LogP contribution in [0.4, 0.5) is 0 Å². The minimum atomic E-state index is -1.10. The SMILES string of the molecule is C=C1C(=O)[C@@]23[C@H](O)C[C@@H]4C(C)(C)C(=O)CC[C@@]4(C)[C@@H]2CC[C@@H]1[C@H]3OC(C)=O.C=C1C(=O)[C@@]23[C@H](O)C[C@@H]4C(C)(C)C(=O)CC[C@@]4(C)[C@@H]2CC[C@@H]1[C@H]3OC(C)=O. The van der Waals surface area contributed by atoms with Crippen LogP contribution in [0.25, 0.3) is 0 Å². The molecule has 4 bridgehead atoms. The van der Waals surface area contributed by atoms with Crippen LogP contribution in [0.5, 0.6) is 0 Å². The largest absolute Gasteiger partial charge is 0.461 e. The Hall–Kier alpha value is -2.98. The second kappa shape index (κ2) is 12.3. The fraction of sp³-hybridized carbons (Fsp3) is 0.773. The first-order valence-corrected chi connectivity index (χ1v) is 20.2. The van der Waals surface area contributed by atoms with Gasteiger partial charge in [0.1, 0.15) is 23.8 Å². The molecule has 8 aliphatic rings. The van der Waals surface area contributed by atoms with Gasteiger partial charge >= 0.3 is 11.9 Å². The van der Waals surface area contributed by atoms with Crippen molar-refractivity contribution < 1.29 is 48.5 Å². The molecule has 0 aromatic carbocycles. The average molecular weight is 749 g/mol. The standard InChI is InChI=1S/2C22H30O5/c2*1-11-13-6-7-14-21(5)9-8-16(24)20(3,4)15(21)10-17(25)22(14,18(11)26)19(13)27-12(2)23/h2*13-15,17,19,25H,1,6-10H2,2-5H3/t2*13-,14-,15+,17+,19+,21-,22-/m00/s1. The van der Waals surface area contributed by atoms with Gasteiger partial charge in [0.25, 0.3) is 0 Å². The molecule has 2 N–H and O–H groups in total. The Morgan fingerprint density at radius 2 is 0.926 bits per heavy atom. The lowest BCUT2D eigenvalue weighted by atomic mass is 9.39. The molecule has 0 amide bonds. The highest BCUT2D eigenvalue weighted by atomic mass is 16.6. The molecule has 0 saturated heterocycles. The normalized spacial score (nSPS) is 48.0. The molecule has 8 aliphatic carbocycles. The number of hydrogen-bond donors (Lipinski definition) is 2. The van der Waals surface area contributed by atoms with E-state index in [0.717, 1.165) is 38.5 Å². The lowest BCUT2D eigenvalue weighted by Crippen LogP contribution is -2.68. The minimum Gasteiger partial charge on any atom is -0.461 e. The molecule has 0 aromatic rings. The topological polar surface area (TPSA) is 161 Å². The molecule has 14 atom stereocenters. The molecular weight excluding hydrogens is 688 g/mol. The number of aliphatic hydroxyl groups excluding tert-OH is 2. The fourth-order valence-electron chi connectivity index (χ4n) is 14.9. The molecule has 0 aromatic heterocycles. The Bertz CT molecular complexity index is 1630. The molecule has 0 unspecified atom stereocenters. The summed E-state index contributed by atoms with van der Waals surface area (Å²) in [7, 11) is 0. The number of esters is 2. The van der Waals surface area contributed by atoms with Gasteiger partial charge in [0.2, 0.25) is 0 Å². The zero-order valence-electron chi connectivity index (χ0n) is 33.4. The van der Waals surface area contributed by atoms with E-state index >= 15 is 0 Å². The van der Waals surface area contributed by atoms with Crippen molar-refractivity contribution in [2.24, 2.45) is 68.0 Å². The zero-order chi connectivity index (χ0) is 39.9. The summed E-state index contributed by atoms with van der Waals surface area (Å²) in [6, 6.07) is 0. The Kier molecular flexibility index (Phi) is 8.91. The van der Waals surface area contributed by atoms with Gasteiger partial charge in [-0.3, -0.25) is 28.8 Å². The highest BCUT2D eigenvalue weighted by molar-refractivity contribution is 6.05. The average Bonchev–Trinajstić information content (AvgIpc) is 3.27. The summed E-state index contributed by atoms with van der Waals surface area (Å²) >= 11 is 0. The highest BCUT2D eigenvalue weighted by Gasteiger charge is 2.77. The monoisotopic (exact) mass is 748 g/mol. The summed E-state index contributed by atoms with van der Waals surface area (Å²) in [5, 5.41) is 22.7. The third kappa shape index (κ3) is 4.70. The molecule has 2 spiro atoms. The summed E-state index contributed by atoms with van der Waals surface area (Å²) < 4.78 is 11.4. The Labute approximate surface area is 319 Å². The number of Topliss-reactive ketones (excluding diaryl/α,β-unsaturated/α-hetero) is 4. The van der Waals surface area contributed by atoms with Gasteiger partial charge in [0.15, 0.2) is 11.6 Å². The number of ether oxygens (including phenoxy) is 2. The van der Waals surface area contributed by atoms with Crippen LogP contribution in [0.1, 0.15) is 120 Å². The van der Waals surface area contributed by atoms with Gasteiger partial charge in [-0.25, -0.2) is 0 Å². The van der Waals surface area contributed by atoms with E-state index in [9.17, 15) is 39.0 Å². The summed E-state index contributed by atoms with van der Waals surface area (Å²) in [6.07, 6.45) is 3.13. The highest BCUT2D eigenvalue weighted by Crippen LogP contribution is 2.73. The Balaban J connectivity index is 0.000000167. The number of fused-ring (bicyclic) bond motifs is 6. The van der Waals surface area contributed by atoms with E-state index in [1.54, 1.807) is 0 Å². The molecule has 10 heteroatoms. The first kappa shape index (κ1) is 39.3. The van der Waals surface area contributed by atoms with E-state index in [4.69, 9.17) is 9.47 Å². The lowest BCUT2D eigenvalue weighted by Gasteiger charge is -2.64. The quantitative estimate of drug-likeness (QED) is 0.265. The summed E-state index contributed by atoms with van der Waals surface area (Å²) in [5.74, 6) is -1.24. The third-order valence-corrected chi connectivity index (χ3v) is 17.4. The summed E-state index contributed by atoms with van der Waals surface area (Å²) in [5.41, 5.74) is -2.77. The molecule has 54 heavy (non-hydrogen) atoms. The predicted molar refractivity (Wildman–Crippen MR) is 197 cm³/mol. The van der Waals surface area contributed by atoms with Crippen molar-refractivity contribution >= 4 is 35.1 Å². The number of hydrogen-bond acceptors (Lipinski definition) is 10. The van der Waals surface area contributed by atoms with Crippen LogP contribution in [0.2, 0.25) is 0 Å². The van der Waals surface area contributed by atoms with Crippen molar-refractivity contribution in [3.05, 3.63) is 24.3 Å². The number of carbonyl (C=O) groups is 6. The molecule has 8 saturated carbocycles. The van der Waals surface area contributed by atoms with E-state index in [1.165, 1.54) is 13.8 Å². The van der Waals surface area contributed by atoms with Crippen molar-refractivity contribution in [2.45, 2.75) is 144 Å². The smallest absolute Gasteiger partial charge is 0.302 e. The number of rotatable bonds is 2. The molecule has 0 radical (unpaired) electrons. The molecule has 0 aliphatic heterocycles. The lowest BCUT2D eigenvalue weighted by molar-refractivity contribution is -0.230. The van der Waals surface area contributed by atoms with Crippen molar-refractivity contribution in [1.82, 2.24) is 0 Å². The van der Waals surface area contributed by atoms with E-state index in [2.05, 4.69) is 27.0 Å². The molecule has 8 rings (SSSR count). The van der Waals surface area contributed by atoms with Gasteiger partial charge in [0.05, 0.1) is 23.0 Å². The number of carbonyl (C=O) groups excluding carboxylic acids is 6. The van der Waals surface area contributed by atoms with Gasteiger partial charge in [-0.1, -0.05) is 54.7 Å². The number of aliphatic hydroxyl groups is 2. The molecule has 0 heterocycles. The molecular formula is C44H60O10. The number of ketones is 4. The van der Waals surface area contributed by atoms with Crippen molar-refractivity contribution in [3.8, 4) is 0 Å². The van der Waals surface area contributed by atoms with E-state index in [0.29, 0.717) is 36.8 Å². The minimum absolute atomic E-state index is 0.00747. The van der Waals surface area contributed by atoms with Crippen LogP contribution < -0.4 is 0 Å². The van der Waals surface area contributed by atoms with E-state index < -0.39 is 58.0 Å². The first-order valence-electron chi connectivity index (χ1n) is 20.2. The maximum Gasteiger partial charge on any atom is 0.302 e. The van der Waals surface area contributed by atoms with Crippen LogP contribution in [-0.4, -0.2) is 69.7 Å². The summed E-state index contributed by atoms with van der Waals surface area (Å²) in [6.45, 7) is 23.0.